The number of aromatic hydroxyl groups is 1. The first kappa shape index (κ1) is 28.1. The van der Waals surface area contributed by atoms with Crippen molar-refractivity contribution in [3.63, 3.8) is 0 Å². The summed E-state index contributed by atoms with van der Waals surface area (Å²) in [6, 6.07) is 15.8. The number of nitrogens with one attached hydrogen (secondary N) is 1. The fourth-order valence-corrected chi connectivity index (χ4v) is 4.50. The minimum absolute atomic E-state index is 0. The predicted molar refractivity (Wildman–Crippen MR) is 129 cm³/mol. The summed E-state index contributed by atoms with van der Waals surface area (Å²) in [6.07, 6.45) is -0.713. The average molecular weight is 516 g/mol. The Bertz CT molecular complexity index is 1240. The summed E-state index contributed by atoms with van der Waals surface area (Å²) in [7, 11) is -3.98. The van der Waals surface area contributed by atoms with E-state index in [0.29, 0.717) is 29.4 Å². The van der Waals surface area contributed by atoms with E-state index in [2.05, 4.69) is 5.32 Å². The summed E-state index contributed by atoms with van der Waals surface area (Å²) < 4.78 is 31.1. The van der Waals surface area contributed by atoms with Crippen LogP contribution in [0.25, 0.3) is 0 Å². The average Bonchev–Trinajstić information content (AvgIpc) is 2.79. The first-order valence-electron chi connectivity index (χ1n) is 9.87. The molecular formula is C23H23ClNNaO7S. The van der Waals surface area contributed by atoms with Gasteiger partial charge >= 0.3 is 35.5 Å². The fourth-order valence-electron chi connectivity index (χ4n) is 3.02. The van der Waals surface area contributed by atoms with Crippen LogP contribution in [0.3, 0.4) is 0 Å². The molecule has 0 aliphatic carbocycles. The van der Waals surface area contributed by atoms with Gasteiger partial charge in [0.25, 0.3) is 0 Å². The van der Waals surface area contributed by atoms with Gasteiger partial charge in [0.1, 0.15) is 23.7 Å². The Morgan fingerprint density at radius 1 is 1.03 bits per heavy atom. The predicted octanol–water partition coefficient (Wildman–Crippen LogP) is 2.63. The number of ether oxygens (including phenoxy) is 1. The van der Waals surface area contributed by atoms with Crippen molar-refractivity contribution in [3.05, 3.63) is 82.9 Å². The summed E-state index contributed by atoms with van der Waals surface area (Å²) in [5, 5.41) is 32.4. The molecule has 0 bridgehead atoms. The van der Waals surface area contributed by atoms with Crippen molar-refractivity contribution < 1.29 is 33.3 Å². The number of aliphatic hydroxyl groups is 1. The first-order valence-corrected chi connectivity index (χ1v) is 11.7. The molecular weight excluding hydrogens is 493 g/mol. The van der Waals surface area contributed by atoms with Gasteiger partial charge in [-0.2, -0.15) is 0 Å². The molecule has 11 heteroatoms. The van der Waals surface area contributed by atoms with Gasteiger partial charge in [0.15, 0.2) is 0 Å². The molecule has 0 spiro atoms. The van der Waals surface area contributed by atoms with Gasteiger partial charge in [-0.1, -0.05) is 23.7 Å². The van der Waals surface area contributed by atoms with E-state index < -0.39 is 33.2 Å². The molecule has 0 heterocycles. The third-order valence-electron chi connectivity index (χ3n) is 4.76. The van der Waals surface area contributed by atoms with Crippen molar-refractivity contribution in [1.82, 2.24) is 5.32 Å². The number of aliphatic hydroxyl groups excluding tert-OH is 1. The van der Waals surface area contributed by atoms with Crippen molar-refractivity contribution >= 4 is 57.0 Å². The molecule has 0 amide bonds. The van der Waals surface area contributed by atoms with Crippen molar-refractivity contribution in [3.8, 4) is 11.5 Å². The van der Waals surface area contributed by atoms with Crippen LogP contribution in [0, 0.1) is 0 Å². The second-order valence-corrected chi connectivity index (χ2v) is 9.47. The zero-order valence-electron chi connectivity index (χ0n) is 17.3. The van der Waals surface area contributed by atoms with Crippen LogP contribution in [-0.4, -0.2) is 79.0 Å². The van der Waals surface area contributed by atoms with E-state index in [0.717, 1.165) is 18.2 Å². The number of benzene rings is 3. The topological polar surface area (TPSA) is 133 Å². The van der Waals surface area contributed by atoms with Crippen LogP contribution in [0.2, 0.25) is 5.02 Å². The summed E-state index contributed by atoms with van der Waals surface area (Å²) in [4.78, 5) is 10.9. The number of hydrogen-bond donors (Lipinski definition) is 4. The Labute approximate surface area is 224 Å². The van der Waals surface area contributed by atoms with E-state index in [1.165, 1.54) is 24.3 Å². The molecule has 0 aromatic heterocycles. The SMILES string of the molecule is O=C(O)c1cc(S(=O)(=O)c2ccc(OCCNC[C@@H](O)c3cccc(Cl)c3)cc2)ccc1O.[NaH]. The summed E-state index contributed by atoms with van der Waals surface area (Å²) >= 11 is 5.92. The summed E-state index contributed by atoms with van der Waals surface area (Å²) in [6.45, 7) is 1.04. The molecule has 1 atom stereocenters. The van der Waals surface area contributed by atoms with E-state index >= 15 is 0 Å². The Balaban J connectivity index is 0.00000408. The number of carboxylic acids is 1. The molecule has 0 aliphatic rings. The number of phenols is 1. The molecule has 4 N–H and O–H groups in total. The van der Waals surface area contributed by atoms with Crippen LogP contribution in [0.5, 0.6) is 11.5 Å². The molecule has 0 aliphatic heterocycles. The zero-order valence-corrected chi connectivity index (χ0v) is 18.9. The fraction of sp³-hybridized carbons (Fsp3) is 0.174. The van der Waals surface area contributed by atoms with Gasteiger partial charge in [0, 0.05) is 18.1 Å². The van der Waals surface area contributed by atoms with Crippen LogP contribution in [0.1, 0.15) is 22.0 Å². The van der Waals surface area contributed by atoms with Gasteiger partial charge in [-0.25, -0.2) is 13.2 Å². The number of rotatable bonds is 10. The van der Waals surface area contributed by atoms with Gasteiger partial charge in [-0.05, 0) is 60.2 Å². The van der Waals surface area contributed by atoms with Crippen LogP contribution >= 0.6 is 11.6 Å². The van der Waals surface area contributed by atoms with E-state index in [-0.39, 0.29) is 46.0 Å². The standard InChI is InChI=1S/C23H22ClNO7S.Na.H/c24-16-3-1-2-15(12-16)22(27)14-25-10-11-32-17-4-6-18(7-5-17)33(30,31)19-8-9-21(26)20(13-19)23(28)29;;/h1-9,12-13,22,25-27H,10-11,14H2,(H,28,29);;/t22-;;/m1../s1. The van der Waals surface area contributed by atoms with Gasteiger partial charge < -0.3 is 25.4 Å². The monoisotopic (exact) mass is 515 g/mol. The molecule has 3 aromatic rings. The molecule has 0 radical (unpaired) electrons. The summed E-state index contributed by atoms with van der Waals surface area (Å²) in [5.41, 5.74) is 0.209. The van der Waals surface area contributed by atoms with Crippen LogP contribution in [0.4, 0.5) is 0 Å². The maximum absolute atomic E-state index is 12.8. The van der Waals surface area contributed by atoms with Gasteiger partial charge in [-0.15, -0.1) is 0 Å². The van der Waals surface area contributed by atoms with Crippen molar-refractivity contribution in [2.45, 2.75) is 15.9 Å². The molecule has 176 valence electrons. The molecule has 3 aromatic carbocycles. The van der Waals surface area contributed by atoms with E-state index in [1.54, 1.807) is 24.3 Å². The quantitative estimate of drug-likeness (QED) is 0.239. The van der Waals surface area contributed by atoms with Gasteiger partial charge in [0.05, 0.1) is 15.9 Å². The Morgan fingerprint density at radius 2 is 1.71 bits per heavy atom. The molecule has 0 saturated carbocycles. The zero-order chi connectivity index (χ0) is 24.0. The third kappa shape index (κ3) is 7.19. The van der Waals surface area contributed by atoms with Gasteiger partial charge in [-0.3, -0.25) is 0 Å². The molecule has 0 saturated heterocycles. The molecule has 8 nitrogen and oxygen atoms in total. The van der Waals surface area contributed by atoms with E-state index in [9.17, 15) is 23.4 Å². The minimum atomic E-state index is -3.98. The normalized spacial score (nSPS) is 11.9. The van der Waals surface area contributed by atoms with E-state index in [4.69, 9.17) is 21.4 Å². The second kappa shape index (κ2) is 12.6. The number of sulfone groups is 1. The molecule has 0 fully saturated rings. The van der Waals surface area contributed by atoms with Crippen LogP contribution < -0.4 is 10.1 Å². The van der Waals surface area contributed by atoms with Crippen molar-refractivity contribution in [1.29, 1.82) is 0 Å². The Kier molecular flexibility index (Phi) is 10.4. The van der Waals surface area contributed by atoms with Crippen LogP contribution in [-0.2, 0) is 9.84 Å². The number of aromatic carboxylic acids is 1. The van der Waals surface area contributed by atoms with Crippen LogP contribution in [0.15, 0.2) is 76.5 Å². The number of carboxylic acid groups (broad SMARTS) is 1. The third-order valence-corrected chi connectivity index (χ3v) is 6.76. The maximum atomic E-state index is 12.8. The second-order valence-electron chi connectivity index (χ2n) is 7.08. The Morgan fingerprint density at radius 3 is 2.35 bits per heavy atom. The Hall–Kier alpha value is -2.11. The van der Waals surface area contributed by atoms with Crippen molar-refractivity contribution in [2.24, 2.45) is 0 Å². The van der Waals surface area contributed by atoms with E-state index in [1.807, 2.05) is 0 Å². The first-order chi connectivity index (χ1) is 15.7. The van der Waals surface area contributed by atoms with Crippen molar-refractivity contribution in [2.75, 3.05) is 19.7 Å². The molecule has 3 rings (SSSR count). The number of hydrogen-bond acceptors (Lipinski definition) is 7. The van der Waals surface area contributed by atoms with Gasteiger partial charge in [0.2, 0.25) is 9.84 Å². The number of carbonyl (C=O) groups is 1. The summed E-state index contributed by atoms with van der Waals surface area (Å²) in [5.74, 6) is -1.50. The molecule has 34 heavy (non-hydrogen) atoms. The number of halogens is 1. The molecule has 0 unspecified atom stereocenters.